The quantitative estimate of drug-likeness (QED) is 0.650. The number of halogens is 6. The Morgan fingerprint density at radius 1 is 1.00 bits per heavy atom. The van der Waals surface area contributed by atoms with E-state index in [1.807, 2.05) is 14.1 Å². The van der Waals surface area contributed by atoms with E-state index < -0.39 is 25.2 Å². The van der Waals surface area contributed by atoms with E-state index in [2.05, 4.69) is 11.9 Å². The molecule has 0 aliphatic heterocycles. The van der Waals surface area contributed by atoms with Crippen LogP contribution in [-0.2, 0) is 0 Å². The molecule has 0 amide bonds. The summed E-state index contributed by atoms with van der Waals surface area (Å²) in [5, 5.41) is 2.75. The Kier molecular flexibility index (Phi) is 7.56. The van der Waals surface area contributed by atoms with Crippen molar-refractivity contribution in [3.05, 3.63) is 42.5 Å². The van der Waals surface area contributed by atoms with Gasteiger partial charge in [0.1, 0.15) is 0 Å². The fourth-order valence-corrected chi connectivity index (χ4v) is 1.46. The second kappa shape index (κ2) is 8.12. The first-order valence-corrected chi connectivity index (χ1v) is 5.99. The fraction of sp³-hybridized carbons (Fsp3) is 0.385. The van der Waals surface area contributed by atoms with Crippen molar-refractivity contribution in [1.82, 2.24) is 5.32 Å². The third-order valence-electron chi connectivity index (χ3n) is 2.42. The van der Waals surface area contributed by atoms with E-state index in [-0.39, 0.29) is 11.1 Å². The van der Waals surface area contributed by atoms with Crippen LogP contribution < -0.4 is 5.32 Å². The van der Waals surface area contributed by atoms with Gasteiger partial charge in [-0.25, -0.2) is 0 Å². The Morgan fingerprint density at radius 2 is 1.38 bits per heavy atom. The Bertz CT molecular complexity index is 413. The number of alkyl halides is 6. The Balaban J connectivity index is 0.00000122. The maximum Gasteiger partial charge on any atom is 0.404 e. The molecule has 0 heterocycles. The summed E-state index contributed by atoms with van der Waals surface area (Å²) >= 11 is 0. The number of rotatable bonds is 3. The minimum absolute atomic E-state index is 0.185. The van der Waals surface area contributed by atoms with E-state index >= 15 is 0 Å². The highest BCUT2D eigenvalue weighted by atomic mass is 19.4. The number of allylic oxidation sites excluding steroid dienone is 1. The molecule has 1 nitrogen and oxygen atoms in total. The first-order chi connectivity index (χ1) is 9.54. The lowest BCUT2D eigenvalue weighted by Gasteiger charge is -2.20. The van der Waals surface area contributed by atoms with Crippen molar-refractivity contribution >= 4 is 12.3 Å². The highest BCUT2D eigenvalue weighted by Gasteiger charge is 2.60. The zero-order valence-corrected chi connectivity index (χ0v) is 11.6. The standard InChI is InChI=1S/C11H9BF6.C2H7N/c1-8(9-5-3-2-4-6-9)7-12(10(13,14)15)11(16,17)18;1-3-2/h2-6H,1,7H2;3H,1-2H3. The third-order valence-corrected chi connectivity index (χ3v) is 2.42. The molecule has 0 aliphatic carbocycles. The molecule has 0 fully saturated rings. The molecule has 1 N–H and O–H groups in total. The topological polar surface area (TPSA) is 12.0 Å². The molecule has 0 unspecified atom stereocenters. The minimum Gasteiger partial charge on any atom is -0.323 e. The summed E-state index contributed by atoms with van der Waals surface area (Å²) in [4.78, 5) is 0. The average molecular weight is 311 g/mol. The summed E-state index contributed by atoms with van der Waals surface area (Å²) in [5.41, 5.74) is 0.0891. The van der Waals surface area contributed by atoms with E-state index in [0.29, 0.717) is 0 Å². The first-order valence-electron chi connectivity index (χ1n) is 5.99. The van der Waals surface area contributed by atoms with Gasteiger partial charge in [-0.15, -0.1) is 0 Å². The molecule has 0 saturated heterocycles. The van der Waals surface area contributed by atoms with E-state index in [0.717, 1.165) is 0 Å². The molecule has 118 valence electrons. The lowest BCUT2D eigenvalue weighted by atomic mass is 9.44. The summed E-state index contributed by atoms with van der Waals surface area (Å²) < 4.78 is 74.0. The number of benzene rings is 1. The van der Waals surface area contributed by atoms with Crippen LogP contribution in [0.15, 0.2) is 36.9 Å². The predicted octanol–water partition coefficient (Wildman–Crippen LogP) is 4.23. The molecule has 21 heavy (non-hydrogen) atoms. The summed E-state index contributed by atoms with van der Waals surface area (Å²) in [6, 6.07) is 7.51. The normalized spacial score (nSPS) is 11.4. The van der Waals surface area contributed by atoms with Crippen molar-refractivity contribution in [3.8, 4) is 0 Å². The van der Waals surface area contributed by atoms with Crippen LogP contribution in [0.4, 0.5) is 26.3 Å². The van der Waals surface area contributed by atoms with Gasteiger partial charge in [0.25, 0.3) is 0 Å². The largest absolute Gasteiger partial charge is 0.404 e. The fourth-order valence-electron chi connectivity index (χ4n) is 1.46. The zero-order valence-electron chi connectivity index (χ0n) is 11.6. The zero-order chi connectivity index (χ0) is 16.7. The molecule has 0 saturated carbocycles. The van der Waals surface area contributed by atoms with E-state index in [1.54, 1.807) is 6.07 Å². The van der Waals surface area contributed by atoms with Crippen molar-refractivity contribution in [2.24, 2.45) is 0 Å². The van der Waals surface area contributed by atoms with Crippen LogP contribution in [0.5, 0.6) is 0 Å². The first kappa shape index (κ1) is 19.6. The molecule has 0 bridgehead atoms. The number of hydrogen-bond donors (Lipinski definition) is 1. The monoisotopic (exact) mass is 311 g/mol. The molecule has 0 atom stereocenters. The highest BCUT2D eigenvalue weighted by molar-refractivity contribution is 6.64. The number of hydrogen-bond acceptors (Lipinski definition) is 1. The van der Waals surface area contributed by atoms with Crippen molar-refractivity contribution in [2.75, 3.05) is 14.1 Å². The smallest absolute Gasteiger partial charge is 0.323 e. The molecule has 1 aromatic rings. The predicted molar refractivity (Wildman–Crippen MR) is 73.1 cm³/mol. The SMILES string of the molecule is C=C(CB(C(F)(F)F)C(F)(F)F)c1ccccc1.CNC. The van der Waals surface area contributed by atoms with Gasteiger partial charge < -0.3 is 5.32 Å². The van der Waals surface area contributed by atoms with Crippen LogP contribution in [0.2, 0.25) is 6.32 Å². The Labute approximate surface area is 120 Å². The second-order valence-corrected chi connectivity index (χ2v) is 4.31. The summed E-state index contributed by atoms with van der Waals surface area (Å²) in [5.74, 6) is 0. The van der Waals surface area contributed by atoms with Gasteiger partial charge in [0.05, 0.1) is 0 Å². The van der Waals surface area contributed by atoms with Gasteiger partial charge in [0, 0.05) is 0 Å². The van der Waals surface area contributed by atoms with Crippen molar-refractivity contribution in [1.29, 1.82) is 0 Å². The van der Waals surface area contributed by atoms with Crippen molar-refractivity contribution in [3.63, 3.8) is 0 Å². The highest BCUT2D eigenvalue weighted by Crippen LogP contribution is 2.37. The van der Waals surface area contributed by atoms with E-state index in [1.165, 1.54) is 24.3 Å². The van der Waals surface area contributed by atoms with Gasteiger partial charge in [-0.1, -0.05) is 42.5 Å². The van der Waals surface area contributed by atoms with Gasteiger partial charge in [0.15, 0.2) is 0 Å². The van der Waals surface area contributed by atoms with Gasteiger partial charge in [0.2, 0.25) is 0 Å². The van der Waals surface area contributed by atoms with Crippen LogP contribution >= 0.6 is 0 Å². The van der Waals surface area contributed by atoms with Crippen molar-refractivity contribution in [2.45, 2.75) is 18.5 Å². The maximum atomic E-state index is 12.3. The summed E-state index contributed by atoms with van der Waals surface area (Å²) in [6.07, 6.45) is -11.8. The molecule has 0 aromatic heterocycles. The lowest BCUT2D eigenvalue weighted by Crippen LogP contribution is -2.47. The van der Waals surface area contributed by atoms with Crippen molar-refractivity contribution < 1.29 is 26.3 Å². The van der Waals surface area contributed by atoms with E-state index in [4.69, 9.17) is 0 Å². The average Bonchev–Trinajstić information content (AvgIpc) is 2.35. The van der Waals surface area contributed by atoms with Crippen LogP contribution in [0.25, 0.3) is 5.57 Å². The summed E-state index contributed by atoms with van der Waals surface area (Å²) in [7, 11) is 3.75. The molecule has 1 rings (SSSR count). The molecule has 0 radical (unpaired) electrons. The van der Waals surface area contributed by atoms with Crippen LogP contribution in [0.1, 0.15) is 5.56 Å². The van der Waals surface area contributed by atoms with Gasteiger partial charge >= 0.3 is 18.9 Å². The molecule has 8 heteroatoms. The van der Waals surface area contributed by atoms with E-state index in [9.17, 15) is 26.3 Å². The minimum atomic E-state index is -5.32. The molecular weight excluding hydrogens is 295 g/mol. The Hall–Kier alpha value is -1.44. The second-order valence-electron chi connectivity index (χ2n) is 4.31. The van der Waals surface area contributed by atoms with Gasteiger partial charge in [-0.05, 0) is 26.0 Å². The molecule has 1 aromatic carbocycles. The lowest BCUT2D eigenvalue weighted by molar-refractivity contribution is -0.104. The number of nitrogens with one attached hydrogen (secondary N) is 1. The van der Waals surface area contributed by atoms with Crippen LogP contribution in [0, 0.1) is 0 Å². The van der Waals surface area contributed by atoms with Gasteiger partial charge in [-0.2, -0.15) is 26.3 Å². The molecule has 0 spiro atoms. The maximum absolute atomic E-state index is 12.3. The van der Waals surface area contributed by atoms with Crippen LogP contribution in [-0.4, -0.2) is 33.0 Å². The molecular formula is C13H16BF6N. The Morgan fingerprint density at radius 3 is 1.71 bits per heavy atom. The third kappa shape index (κ3) is 7.22. The molecule has 0 aliphatic rings. The summed E-state index contributed by atoms with van der Waals surface area (Å²) in [6.45, 7) is -0.0854. The van der Waals surface area contributed by atoms with Crippen LogP contribution in [0.3, 0.4) is 0 Å². The van der Waals surface area contributed by atoms with Gasteiger partial charge in [-0.3, -0.25) is 0 Å².